The quantitative estimate of drug-likeness (QED) is 0.275. The highest BCUT2D eigenvalue weighted by atomic mass is 35.5. The van der Waals surface area contributed by atoms with Crippen LogP contribution in [0.15, 0.2) is 42.5 Å². The summed E-state index contributed by atoms with van der Waals surface area (Å²) < 4.78 is 36.0. The molecule has 1 aromatic heterocycles. The molecule has 0 amide bonds. The topological polar surface area (TPSA) is 78.1 Å². The zero-order chi connectivity index (χ0) is 27.5. The number of halogens is 3. The molecule has 5 rings (SSSR count). The van der Waals surface area contributed by atoms with Crippen LogP contribution >= 0.6 is 11.6 Å². The first-order chi connectivity index (χ1) is 18.8. The van der Waals surface area contributed by atoms with Crippen LogP contribution in [0.3, 0.4) is 0 Å². The maximum absolute atomic E-state index is 15.0. The predicted molar refractivity (Wildman–Crippen MR) is 145 cm³/mol. The zero-order valence-corrected chi connectivity index (χ0v) is 22.6. The van der Waals surface area contributed by atoms with Gasteiger partial charge in [-0.05, 0) is 91.3 Å². The van der Waals surface area contributed by atoms with E-state index < -0.39 is 11.6 Å². The van der Waals surface area contributed by atoms with Gasteiger partial charge in [-0.3, -0.25) is 9.47 Å². The normalized spacial score (nSPS) is 20.9. The largest absolute Gasteiger partial charge is 0.494 e. The zero-order valence-electron chi connectivity index (χ0n) is 21.8. The maximum Gasteiger partial charge on any atom is 0.193 e. The van der Waals surface area contributed by atoms with E-state index >= 15 is 4.39 Å². The lowest BCUT2D eigenvalue weighted by Gasteiger charge is -2.36. The number of rotatable bonds is 10. The Morgan fingerprint density at radius 3 is 2.33 bits per heavy atom. The Balaban J connectivity index is 1.30. The lowest BCUT2D eigenvalue weighted by molar-refractivity contribution is 0.113. The molecule has 0 spiro atoms. The molecular formula is C30H35ClF2N2O4. The van der Waals surface area contributed by atoms with Crippen LogP contribution in [-0.4, -0.2) is 44.5 Å². The monoisotopic (exact) mass is 560 g/mol. The first-order valence-corrected chi connectivity index (χ1v) is 14.0. The number of aryl methyl sites for hydroxylation is 1. The second kappa shape index (κ2) is 12.1. The van der Waals surface area contributed by atoms with E-state index in [2.05, 4.69) is 4.90 Å². The third kappa shape index (κ3) is 6.34. The molecule has 210 valence electrons. The molecule has 0 bridgehead atoms. The summed E-state index contributed by atoms with van der Waals surface area (Å²) in [5.41, 5.74) is 2.83. The van der Waals surface area contributed by atoms with Crippen LogP contribution in [0.4, 0.5) is 8.78 Å². The van der Waals surface area contributed by atoms with Crippen molar-refractivity contribution in [3.05, 3.63) is 75.8 Å². The number of aromatic nitrogens is 1. The van der Waals surface area contributed by atoms with Gasteiger partial charge < -0.3 is 20.1 Å². The summed E-state index contributed by atoms with van der Waals surface area (Å²) >= 11 is 6.17. The average molecular weight is 561 g/mol. The van der Waals surface area contributed by atoms with Gasteiger partial charge in [0.1, 0.15) is 12.4 Å². The maximum atomic E-state index is 15.0. The van der Waals surface area contributed by atoms with E-state index in [1.54, 1.807) is 18.2 Å². The first-order valence-electron chi connectivity index (χ1n) is 13.6. The number of aromatic hydroxyl groups is 2. The summed E-state index contributed by atoms with van der Waals surface area (Å²) in [5, 5.41) is 29.2. The van der Waals surface area contributed by atoms with Gasteiger partial charge in [0.15, 0.2) is 23.3 Å². The lowest BCUT2D eigenvalue weighted by Crippen LogP contribution is -2.34. The highest BCUT2D eigenvalue weighted by molar-refractivity contribution is 6.30. The Hall–Kier alpha value is -2.81. The van der Waals surface area contributed by atoms with Crippen molar-refractivity contribution in [1.29, 1.82) is 0 Å². The Kier molecular flexibility index (Phi) is 8.64. The minimum Gasteiger partial charge on any atom is -0.494 e. The third-order valence-electron chi connectivity index (χ3n) is 8.28. The number of ether oxygens (including phenoxy) is 1. The number of hydrogen-bond acceptors (Lipinski definition) is 5. The predicted octanol–water partition coefficient (Wildman–Crippen LogP) is 6.20. The lowest BCUT2D eigenvalue weighted by atomic mass is 9.82. The van der Waals surface area contributed by atoms with E-state index in [-0.39, 0.29) is 48.3 Å². The average Bonchev–Trinajstić information content (AvgIpc) is 3.47. The van der Waals surface area contributed by atoms with Crippen molar-refractivity contribution < 1.29 is 28.8 Å². The van der Waals surface area contributed by atoms with E-state index in [4.69, 9.17) is 16.3 Å². The molecule has 2 aromatic carbocycles. The van der Waals surface area contributed by atoms with Crippen LogP contribution < -0.4 is 4.74 Å². The third-order valence-corrected chi connectivity index (χ3v) is 8.56. The molecule has 1 saturated carbocycles. The highest BCUT2D eigenvalue weighted by Gasteiger charge is 2.32. The van der Waals surface area contributed by atoms with Gasteiger partial charge in [0.05, 0.1) is 11.6 Å². The Labute approximate surface area is 232 Å². The summed E-state index contributed by atoms with van der Waals surface area (Å²) in [6.45, 7) is 1.84. The van der Waals surface area contributed by atoms with Gasteiger partial charge in [0, 0.05) is 37.9 Å². The summed E-state index contributed by atoms with van der Waals surface area (Å²) in [7, 11) is 0. The fourth-order valence-electron chi connectivity index (χ4n) is 6.10. The van der Waals surface area contributed by atoms with Crippen molar-refractivity contribution in [2.75, 3.05) is 19.8 Å². The smallest absolute Gasteiger partial charge is 0.193 e. The van der Waals surface area contributed by atoms with Crippen LogP contribution in [0.2, 0.25) is 5.02 Å². The summed E-state index contributed by atoms with van der Waals surface area (Å²) in [4.78, 5) is 2.37. The molecule has 9 heteroatoms. The molecule has 1 atom stereocenters. The van der Waals surface area contributed by atoms with Gasteiger partial charge in [0.2, 0.25) is 0 Å². The SMILES string of the molecule is OCC1CCC(CN(Cc2ccc(OCCn3c(O)ccc3O)c(F)c2)C2CCc3cc(F)c(Cl)cc32)CC1. The number of benzene rings is 2. The number of aliphatic hydroxyl groups is 1. The molecule has 2 aliphatic rings. The molecule has 1 fully saturated rings. The number of fused-ring (bicyclic) bond motifs is 1. The fourth-order valence-corrected chi connectivity index (χ4v) is 6.28. The fraction of sp³-hybridized carbons (Fsp3) is 0.467. The van der Waals surface area contributed by atoms with Gasteiger partial charge in [0.25, 0.3) is 0 Å². The number of nitrogens with zero attached hydrogens (tertiary/aromatic N) is 2. The molecule has 0 saturated heterocycles. The number of hydrogen-bond donors (Lipinski definition) is 3. The second-order valence-corrected chi connectivity index (χ2v) is 11.2. The first kappa shape index (κ1) is 27.7. The minimum atomic E-state index is -0.478. The van der Waals surface area contributed by atoms with Crippen molar-refractivity contribution in [3.8, 4) is 17.5 Å². The van der Waals surface area contributed by atoms with E-state index in [0.717, 1.165) is 61.8 Å². The molecule has 2 aliphatic carbocycles. The Morgan fingerprint density at radius 2 is 1.64 bits per heavy atom. The molecule has 6 nitrogen and oxygen atoms in total. The van der Waals surface area contributed by atoms with Crippen LogP contribution in [0.5, 0.6) is 17.5 Å². The standard InChI is InChI=1S/C30H35ClF2N2O4/c31-24-15-23-22(14-25(24)32)6-7-27(23)34(16-19-1-3-20(18-36)4-2-19)17-21-5-8-28(26(33)13-21)39-12-11-35-29(37)9-10-30(35)38/h5,8-10,13-15,19-20,27,36-38H,1-4,6-7,11-12,16-18H2. The Morgan fingerprint density at radius 1 is 0.923 bits per heavy atom. The molecule has 1 unspecified atom stereocenters. The van der Waals surface area contributed by atoms with Gasteiger partial charge in [-0.2, -0.15) is 0 Å². The van der Waals surface area contributed by atoms with Crippen LogP contribution in [0.1, 0.15) is 54.8 Å². The molecule has 1 heterocycles. The minimum absolute atomic E-state index is 0.0644. The molecule has 39 heavy (non-hydrogen) atoms. The van der Waals surface area contributed by atoms with Crippen LogP contribution in [0, 0.1) is 23.5 Å². The molecule has 0 aliphatic heterocycles. The van der Waals surface area contributed by atoms with Gasteiger partial charge >= 0.3 is 0 Å². The molecular weight excluding hydrogens is 526 g/mol. The van der Waals surface area contributed by atoms with Crippen molar-refractivity contribution >= 4 is 11.6 Å². The van der Waals surface area contributed by atoms with Crippen LogP contribution in [-0.2, 0) is 19.5 Å². The van der Waals surface area contributed by atoms with E-state index in [9.17, 15) is 19.7 Å². The van der Waals surface area contributed by atoms with Crippen molar-refractivity contribution in [3.63, 3.8) is 0 Å². The number of aliphatic hydroxyl groups excluding tert-OH is 1. The van der Waals surface area contributed by atoms with Gasteiger partial charge in [-0.15, -0.1) is 0 Å². The molecule has 0 radical (unpaired) electrons. The van der Waals surface area contributed by atoms with Crippen LogP contribution in [0.25, 0.3) is 0 Å². The van der Waals surface area contributed by atoms with Crippen molar-refractivity contribution in [2.24, 2.45) is 11.8 Å². The second-order valence-electron chi connectivity index (χ2n) is 10.8. The van der Waals surface area contributed by atoms with Gasteiger partial charge in [-0.25, -0.2) is 8.78 Å². The van der Waals surface area contributed by atoms with E-state index in [0.29, 0.717) is 18.4 Å². The summed E-state index contributed by atoms with van der Waals surface area (Å²) in [6, 6.07) is 11.1. The van der Waals surface area contributed by atoms with Crippen molar-refractivity contribution in [1.82, 2.24) is 9.47 Å². The molecule has 3 N–H and O–H groups in total. The van der Waals surface area contributed by atoms with E-state index in [1.165, 1.54) is 22.8 Å². The van der Waals surface area contributed by atoms with E-state index in [1.807, 2.05) is 6.07 Å². The highest BCUT2D eigenvalue weighted by Crippen LogP contribution is 2.41. The Bertz CT molecular complexity index is 1270. The summed E-state index contributed by atoms with van der Waals surface area (Å²) in [5.74, 6) is -0.105. The van der Waals surface area contributed by atoms with Gasteiger partial charge in [-0.1, -0.05) is 17.7 Å². The summed E-state index contributed by atoms with van der Waals surface area (Å²) in [6.07, 6.45) is 5.72. The van der Waals surface area contributed by atoms with Crippen molar-refractivity contribution in [2.45, 2.75) is 57.7 Å². The molecule has 3 aromatic rings.